The molecule has 0 spiro atoms. The number of carbonyl (C=O) groups excluding carboxylic acids is 1. The van der Waals surface area contributed by atoms with E-state index < -0.39 is 0 Å². The summed E-state index contributed by atoms with van der Waals surface area (Å²) in [5.74, 6) is 0.646. The number of ether oxygens (including phenoxy) is 1. The van der Waals surface area contributed by atoms with Crippen LogP contribution in [0.25, 0.3) is 6.08 Å². The maximum absolute atomic E-state index is 12.8. The zero-order valence-corrected chi connectivity index (χ0v) is 16.1. The lowest BCUT2D eigenvalue weighted by Gasteiger charge is -2.14. The molecule has 1 saturated heterocycles. The molecular weight excluding hydrogens is 406 g/mol. The number of nitrogens with zero attached hydrogens (tertiary/aromatic N) is 1. The van der Waals surface area contributed by atoms with Crippen LogP contribution in [-0.4, -0.2) is 16.8 Å². The molecule has 1 aliphatic heterocycles. The molecule has 0 unspecified atom stereocenters. The van der Waals surface area contributed by atoms with Gasteiger partial charge in [0.1, 0.15) is 5.75 Å². The lowest BCUT2D eigenvalue weighted by atomic mass is 10.2. The highest BCUT2D eigenvalue weighted by Crippen LogP contribution is 2.37. The largest absolute Gasteiger partial charge is 0.493 e. The van der Waals surface area contributed by atoms with Crippen LogP contribution in [0.2, 0.25) is 0 Å². The van der Waals surface area contributed by atoms with Crippen LogP contribution in [0.1, 0.15) is 12.5 Å². The second-order valence-corrected chi connectivity index (χ2v) is 7.56. The maximum Gasteiger partial charge on any atom is 0.270 e. The topological polar surface area (TPSA) is 29.5 Å². The zero-order chi connectivity index (χ0) is 17.1. The quantitative estimate of drug-likeness (QED) is 0.499. The molecule has 0 saturated carbocycles. The van der Waals surface area contributed by atoms with E-state index in [0.29, 0.717) is 15.8 Å². The Labute approximate surface area is 158 Å². The third-order valence-corrected chi connectivity index (χ3v) is 5.21. The first-order valence-corrected chi connectivity index (χ1v) is 9.37. The van der Waals surface area contributed by atoms with Crippen molar-refractivity contribution in [3.05, 3.63) is 63.5 Å². The van der Waals surface area contributed by atoms with E-state index in [0.717, 1.165) is 21.5 Å². The number of rotatable bonds is 4. The molecule has 6 heteroatoms. The van der Waals surface area contributed by atoms with Crippen molar-refractivity contribution in [1.82, 2.24) is 0 Å². The van der Waals surface area contributed by atoms with Crippen LogP contribution in [0.5, 0.6) is 5.75 Å². The van der Waals surface area contributed by atoms with Gasteiger partial charge in [0.15, 0.2) is 4.32 Å². The third-order valence-electron chi connectivity index (χ3n) is 3.38. The van der Waals surface area contributed by atoms with Crippen LogP contribution in [-0.2, 0) is 4.79 Å². The second-order valence-electron chi connectivity index (χ2n) is 4.96. The lowest BCUT2D eigenvalue weighted by molar-refractivity contribution is -0.113. The Balaban J connectivity index is 1.93. The third kappa shape index (κ3) is 3.55. The molecule has 0 atom stereocenters. The van der Waals surface area contributed by atoms with Crippen molar-refractivity contribution in [2.75, 3.05) is 11.5 Å². The molecule has 24 heavy (non-hydrogen) atoms. The Hall–Kier alpha value is -1.63. The number of anilines is 1. The predicted octanol–water partition coefficient (Wildman–Crippen LogP) is 5.25. The van der Waals surface area contributed by atoms with Crippen molar-refractivity contribution in [3.63, 3.8) is 0 Å². The SMILES string of the molecule is CCOc1ccccc1/C=C1/SC(=S)N(c2ccc(Br)cc2)C1=O. The Morgan fingerprint density at radius 3 is 2.62 bits per heavy atom. The van der Waals surface area contributed by atoms with Gasteiger partial charge in [0.2, 0.25) is 0 Å². The van der Waals surface area contributed by atoms with Gasteiger partial charge in [-0.05, 0) is 43.3 Å². The van der Waals surface area contributed by atoms with E-state index in [1.807, 2.05) is 61.5 Å². The number of hydrogen-bond donors (Lipinski definition) is 0. The van der Waals surface area contributed by atoms with Crippen LogP contribution < -0.4 is 9.64 Å². The van der Waals surface area contributed by atoms with Crippen molar-refractivity contribution in [3.8, 4) is 5.75 Å². The molecule has 1 aliphatic rings. The van der Waals surface area contributed by atoms with Crippen molar-refractivity contribution >= 4 is 61.9 Å². The lowest BCUT2D eigenvalue weighted by Crippen LogP contribution is -2.27. The zero-order valence-electron chi connectivity index (χ0n) is 12.9. The number of hydrogen-bond acceptors (Lipinski definition) is 4. The number of para-hydroxylation sites is 1. The Morgan fingerprint density at radius 1 is 1.21 bits per heavy atom. The molecule has 0 aromatic heterocycles. The summed E-state index contributed by atoms with van der Waals surface area (Å²) < 4.78 is 7.10. The van der Waals surface area contributed by atoms with E-state index in [-0.39, 0.29) is 5.91 Å². The molecule has 2 aromatic rings. The fraction of sp³-hybridized carbons (Fsp3) is 0.111. The fourth-order valence-electron chi connectivity index (χ4n) is 2.31. The van der Waals surface area contributed by atoms with Gasteiger partial charge in [-0.25, -0.2) is 0 Å². The Bertz CT molecular complexity index is 818. The molecule has 3 nitrogen and oxygen atoms in total. The van der Waals surface area contributed by atoms with Crippen molar-refractivity contribution in [1.29, 1.82) is 0 Å². The average molecular weight is 420 g/mol. The van der Waals surface area contributed by atoms with Crippen LogP contribution in [0, 0.1) is 0 Å². The number of halogens is 1. The van der Waals surface area contributed by atoms with Crippen molar-refractivity contribution < 1.29 is 9.53 Å². The molecule has 0 N–H and O–H groups in total. The van der Waals surface area contributed by atoms with E-state index in [9.17, 15) is 4.79 Å². The van der Waals surface area contributed by atoms with Crippen LogP contribution >= 0.6 is 39.9 Å². The highest BCUT2D eigenvalue weighted by atomic mass is 79.9. The number of thioether (sulfide) groups is 1. The molecule has 1 heterocycles. The minimum absolute atomic E-state index is 0.112. The highest BCUT2D eigenvalue weighted by Gasteiger charge is 2.33. The first-order valence-electron chi connectivity index (χ1n) is 7.35. The first kappa shape index (κ1) is 17.2. The van der Waals surface area contributed by atoms with Gasteiger partial charge in [-0.3, -0.25) is 9.69 Å². The summed E-state index contributed by atoms with van der Waals surface area (Å²) in [5.41, 5.74) is 1.64. The number of thiocarbonyl (C=S) groups is 1. The van der Waals surface area contributed by atoms with E-state index in [2.05, 4.69) is 15.9 Å². The van der Waals surface area contributed by atoms with Gasteiger partial charge in [0, 0.05) is 10.0 Å². The molecule has 122 valence electrons. The van der Waals surface area contributed by atoms with E-state index in [1.165, 1.54) is 11.8 Å². The summed E-state index contributed by atoms with van der Waals surface area (Å²) >= 11 is 10.1. The standard InChI is InChI=1S/C18H14BrNO2S2/c1-2-22-15-6-4-3-5-12(15)11-16-17(21)20(18(23)24-16)14-9-7-13(19)8-10-14/h3-11H,2H2,1H3/b16-11+. The summed E-state index contributed by atoms with van der Waals surface area (Å²) in [4.78, 5) is 14.9. The highest BCUT2D eigenvalue weighted by molar-refractivity contribution is 9.10. The van der Waals surface area contributed by atoms with Gasteiger partial charge in [-0.2, -0.15) is 0 Å². The summed E-state index contributed by atoms with van der Waals surface area (Å²) in [6.07, 6.45) is 1.84. The van der Waals surface area contributed by atoms with Crippen LogP contribution in [0.15, 0.2) is 57.9 Å². The minimum atomic E-state index is -0.112. The summed E-state index contributed by atoms with van der Waals surface area (Å²) in [6, 6.07) is 15.2. The van der Waals surface area contributed by atoms with Crippen molar-refractivity contribution in [2.24, 2.45) is 0 Å². The molecule has 1 fully saturated rings. The molecule has 2 aromatic carbocycles. The van der Waals surface area contributed by atoms with Gasteiger partial charge < -0.3 is 4.74 Å². The van der Waals surface area contributed by atoms with Crippen LogP contribution in [0.4, 0.5) is 5.69 Å². The van der Waals surface area contributed by atoms with E-state index in [1.54, 1.807) is 4.90 Å². The molecule has 1 amide bonds. The molecule has 0 bridgehead atoms. The second kappa shape index (κ2) is 7.51. The fourth-order valence-corrected chi connectivity index (χ4v) is 3.86. The van der Waals surface area contributed by atoms with E-state index >= 15 is 0 Å². The van der Waals surface area contributed by atoms with Gasteiger partial charge in [0.25, 0.3) is 5.91 Å². The van der Waals surface area contributed by atoms with E-state index in [4.69, 9.17) is 17.0 Å². The molecule has 3 rings (SSSR count). The molecule has 0 aliphatic carbocycles. The van der Waals surface area contributed by atoms with Gasteiger partial charge >= 0.3 is 0 Å². The van der Waals surface area contributed by atoms with Crippen LogP contribution in [0.3, 0.4) is 0 Å². The summed E-state index contributed by atoms with van der Waals surface area (Å²) in [7, 11) is 0. The average Bonchev–Trinajstić information content (AvgIpc) is 2.85. The monoisotopic (exact) mass is 419 g/mol. The van der Waals surface area contributed by atoms with Crippen molar-refractivity contribution in [2.45, 2.75) is 6.92 Å². The van der Waals surface area contributed by atoms with Gasteiger partial charge in [-0.15, -0.1) is 0 Å². The number of carbonyl (C=O) groups is 1. The van der Waals surface area contributed by atoms with Gasteiger partial charge in [-0.1, -0.05) is 58.1 Å². The van der Waals surface area contributed by atoms with Gasteiger partial charge in [0.05, 0.1) is 17.2 Å². The smallest absolute Gasteiger partial charge is 0.270 e. The predicted molar refractivity (Wildman–Crippen MR) is 107 cm³/mol. The Morgan fingerprint density at radius 2 is 1.92 bits per heavy atom. The summed E-state index contributed by atoms with van der Waals surface area (Å²) in [5, 5.41) is 0. The maximum atomic E-state index is 12.8. The summed E-state index contributed by atoms with van der Waals surface area (Å²) in [6.45, 7) is 2.51. The molecule has 0 radical (unpaired) electrons. The number of amides is 1. The minimum Gasteiger partial charge on any atom is -0.493 e. The Kier molecular flexibility index (Phi) is 5.38. The molecular formula is C18H14BrNO2S2. The normalized spacial score (nSPS) is 16.1. The number of benzene rings is 2. The first-order chi connectivity index (χ1) is 11.6.